The minimum Gasteiger partial charge on any atom is -0.494 e. The van der Waals surface area contributed by atoms with Crippen molar-refractivity contribution in [1.29, 1.82) is 0 Å². The van der Waals surface area contributed by atoms with Crippen molar-refractivity contribution >= 4 is 15.9 Å². The number of nitrogens with zero attached hydrogens (tertiary/aromatic N) is 2. The van der Waals surface area contributed by atoms with Crippen LogP contribution in [0.4, 0.5) is 0 Å². The largest absolute Gasteiger partial charge is 0.494 e. The number of aromatic nitrogens is 1. The topological polar surface area (TPSA) is 82.7 Å². The number of piperazine rings is 1. The first-order chi connectivity index (χ1) is 12.0. The summed E-state index contributed by atoms with van der Waals surface area (Å²) in [5, 5.41) is 0. The average molecular weight is 363 g/mol. The quantitative estimate of drug-likeness (QED) is 0.874. The van der Waals surface area contributed by atoms with Gasteiger partial charge in [0.25, 0.3) is 5.91 Å². The zero-order valence-electron chi connectivity index (χ0n) is 14.0. The van der Waals surface area contributed by atoms with E-state index in [1.165, 1.54) is 4.31 Å². The Bertz CT molecular complexity index is 808. The Morgan fingerprint density at radius 1 is 1.12 bits per heavy atom. The number of H-pyrrole nitrogens is 1. The molecule has 1 aromatic heterocycles. The lowest BCUT2D eigenvalue weighted by atomic mass is 10.2. The van der Waals surface area contributed by atoms with Gasteiger partial charge >= 0.3 is 0 Å². The number of hydrogen-bond acceptors (Lipinski definition) is 4. The van der Waals surface area contributed by atoms with Gasteiger partial charge in [-0.05, 0) is 37.3 Å². The van der Waals surface area contributed by atoms with Crippen LogP contribution in [-0.4, -0.2) is 61.3 Å². The molecule has 0 atom stereocenters. The highest BCUT2D eigenvalue weighted by Crippen LogP contribution is 2.21. The fourth-order valence-corrected chi connectivity index (χ4v) is 4.22. The molecule has 1 fully saturated rings. The van der Waals surface area contributed by atoms with E-state index in [0.29, 0.717) is 31.0 Å². The molecule has 1 aliphatic heterocycles. The van der Waals surface area contributed by atoms with Crippen LogP contribution in [-0.2, 0) is 10.0 Å². The standard InChI is InChI=1S/C17H21N3O4S/c1-2-24-15-3-5-16(6-4-15)25(22,23)20-11-9-19(10-12-20)17(21)14-7-8-18-13-14/h3-8,13,18H,2,9-12H2,1H3. The van der Waals surface area contributed by atoms with E-state index in [1.807, 2.05) is 6.92 Å². The molecule has 1 N–H and O–H groups in total. The Kier molecular flexibility index (Phi) is 5.10. The van der Waals surface area contributed by atoms with E-state index in [0.717, 1.165) is 0 Å². The Balaban J connectivity index is 1.66. The smallest absolute Gasteiger partial charge is 0.255 e. The first-order valence-corrected chi connectivity index (χ1v) is 9.61. The van der Waals surface area contributed by atoms with Crippen molar-refractivity contribution in [1.82, 2.24) is 14.2 Å². The molecule has 1 aromatic carbocycles. The van der Waals surface area contributed by atoms with Gasteiger partial charge in [0.05, 0.1) is 17.1 Å². The van der Waals surface area contributed by atoms with Crippen LogP contribution in [0.3, 0.4) is 0 Å². The molecule has 7 nitrogen and oxygen atoms in total. The Hall–Kier alpha value is -2.32. The number of benzene rings is 1. The molecule has 2 aromatic rings. The fourth-order valence-electron chi connectivity index (χ4n) is 2.79. The predicted molar refractivity (Wildman–Crippen MR) is 93.1 cm³/mol. The molecule has 2 heterocycles. The van der Waals surface area contributed by atoms with Crippen LogP contribution in [0.5, 0.6) is 5.75 Å². The summed E-state index contributed by atoms with van der Waals surface area (Å²) in [6.45, 7) is 3.72. The summed E-state index contributed by atoms with van der Waals surface area (Å²) in [7, 11) is -3.56. The van der Waals surface area contributed by atoms with Gasteiger partial charge in [-0.1, -0.05) is 0 Å². The number of sulfonamides is 1. The van der Waals surface area contributed by atoms with Crippen molar-refractivity contribution in [2.75, 3.05) is 32.8 Å². The monoisotopic (exact) mass is 363 g/mol. The summed E-state index contributed by atoms with van der Waals surface area (Å²) in [5.41, 5.74) is 0.586. The molecule has 8 heteroatoms. The van der Waals surface area contributed by atoms with Crippen LogP contribution in [0, 0.1) is 0 Å². The molecular weight excluding hydrogens is 342 g/mol. The number of rotatable bonds is 5. The molecule has 0 bridgehead atoms. The van der Waals surface area contributed by atoms with Crippen molar-refractivity contribution in [2.45, 2.75) is 11.8 Å². The van der Waals surface area contributed by atoms with E-state index in [9.17, 15) is 13.2 Å². The second-order valence-electron chi connectivity index (χ2n) is 5.70. The van der Waals surface area contributed by atoms with Crippen LogP contribution in [0.25, 0.3) is 0 Å². The first kappa shape index (κ1) is 17.5. The molecule has 1 amide bonds. The van der Waals surface area contributed by atoms with Crippen molar-refractivity contribution in [3.8, 4) is 5.75 Å². The van der Waals surface area contributed by atoms with Crippen molar-refractivity contribution in [2.24, 2.45) is 0 Å². The molecule has 0 radical (unpaired) electrons. The number of carbonyl (C=O) groups excluding carboxylic acids is 1. The van der Waals surface area contributed by atoms with E-state index in [4.69, 9.17) is 4.74 Å². The van der Waals surface area contributed by atoms with Gasteiger partial charge in [-0.3, -0.25) is 4.79 Å². The van der Waals surface area contributed by atoms with Gasteiger partial charge in [0.2, 0.25) is 10.0 Å². The maximum Gasteiger partial charge on any atom is 0.255 e. The van der Waals surface area contributed by atoms with Gasteiger partial charge < -0.3 is 14.6 Å². The second-order valence-corrected chi connectivity index (χ2v) is 7.64. The fraction of sp³-hybridized carbons (Fsp3) is 0.353. The zero-order valence-corrected chi connectivity index (χ0v) is 14.8. The Labute approximate surface area is 147 Å². The van der Waals surface area contributed by atoms with Gasteiger partial charge in [0.1, 0.15) is 5.75 Å². The van der Waals surface area contributed by atoms with Gasteiger partial charge in [0.15, 0.2) is 0 Å². The minimum atomic E-state index is -3.56. The third-order valence-corrected chi connectivity index (χ3v) is 6.06. The number of nitrogens with one attached hydrogen (secondary N) is 1. The molecule has 0 unspecified atom stereocenters. The Morgan fingerprint density at radius 3 is 2.36 bits per heavy atom. The number of carbonyl (C=O) groups is 1. The summed E-state index contributed by atoms with van der Waals surface area (Å²) in [5.74, 6) is 0.558. The van der Waals surface area contributed by atoms with Crippen molar-refractivity contribution in [3.05, 3.63) is 48.3 Å². The molecular formula is C17H21N3O4S. The molecule has 1 saturated heterocycles. The molecule has 134 valence electrons. The maximum atomic E-state index is 12.7. The van der Waals surface area contributed by atoms with Gasteiger partial charge in [-0.25, -0.2) is 8.42 Å². The lowest BCUT2D eigenvalue weighted by molar-refractivity contribution is 0.0698. The normalized spacial score (nSPS) is 16.0. The molecule has 0 spiro atoms. The van der Waals surface area contributed by atoms with Crippen LogP contribution in [0.1, 0.15) is 17.3 Å². The highest BCUT2D eigenvalue weighted by molar-refractivity contribution is 7.89. The number of amides is 1. The second kappa shape index (κ2) is 7.28. The van der Waals surface area contributed by atoms with Crippen molar-refractivity contribution in [3.63, 3.8) is 0 Å². The first-order valence-electron chi connectivity index (χ1n) is 8.17. The summed E-state index contributed by atoms with van der Waals surface area (Å²) in [6, 6.07) is 8.13. The zero-order chi connectivity index (χ0) is 17.9. The SMILES string of the molecule is CCOc1ccc(S(=O)(=O)N2CCN(C(=O)c3cc[nH]c3)CC2)cc1. The molecule has 25 heavy (non-hydrogen) atoms. The van der Waals surface area contributed by atoms with Gasteiger partial charge in [-0.2, -0.15) is 4.31 Å². The number of ether oxygens (including phenoxy) is 1. The van der Waals surface area contributed by atoms with E-state index in [-0.39, 0.29) is 23.9 Å². The van der Waals surface area contributed by atoms with Crippen molar-refractivity contribution < 1.29 is 17.9 Å². The van der Waals surface area contributed by atoms with E-state index in [1.54, 1.807) is 47.6 Å². The third kappa shape index (κ3) is 3.69. The van der Waals surface area contributed by atoms with Crippen LogP contribution in [0.15, 0.2) is 47.6 Å². The van der Waals surface area contributed by atoms with E-state index < -0.39 is 10.0 Å². The van der Waals surface area contributed by atoms with E-state index >= 15 is 0 Å². The number of aromatic amines is 1. The Morgan fingerprint density at radius 2 is 1.80 bits per heavy atom. The lowest BCUT2D eigenvalue weighted by Crippen LogP contribution is -2.50. The van der Waals surface area contributed by atoms with Crippen LogP contribution >= 0.6 is 0 Å². The van der Waals surface area contributed by atoms with E-state index in [2.05, 4.69) is 4.98 Å². The summed E-state index contributed by atoms with van der Waals surface area (Å²) in [4.78, 5) is 17.1. The maximum absolute atomic E-state index is 12.7. The van der Waals surface area contributed by atoms with Gasteiger partial charge in [0, 0.05) is 38.6 Å². The average Bonchev–Trinajstić information content (AvgIpc) is 3.17. The highest BCUT2D eigenvalue weighted by Gasteiger charge is 2.30. The highest BCUT2D eigenvalue weighted by atomic mass is 32.2. The third-order valence-electron chi connectivity index (χ3n) is 4.14. The lowest BCUT2D eigenvalue weighted by Gasteiger charge is -2.33. The minimum absolute atomic E-state index is 0.0839. The summed E-state index contributed by atoms with van der Waals surface area (Å²) >= 11 is 0. The van der Waals surface area contributed by atoms with Crippen LogP contribution < -0.4 is 4.74 Å². The summed E-state index contributed by atoms with van der Waals surface area (Å²) < 4.78 is 32.2. The molecule has 1 aliphatic rings. The predicted octanol–water partition coefficient (Wildman–Crippen LogP) is 1.56. The molecule has 0 saturated carbocycles. The summed E-state index contributed by atoms with van der Waals surface area (Å²) in [6.07, 6.45) is 3.34. The molecule has 0 aliphatic carbocycles. The molecule has 3 rings (SSSR count). The van der Waals surface area contributed by atoms with Crippen LogP contribution in [0.2, 0.25) is 0 Å². The van der Waals surface area contributed by atoms with Gasteiger partial charge in [-0.15, -0.1) is 0 Å². The number of hydrogen-bond donors (Lipinski definition) is 1.